The Bertz CT molecular complexity index is 875. The first-order valence-electron chi connectivity index (χ1n) is 11.9. The first kappa shape index (κ1) is 23.5. The highest BCUT2D eigenvalue weighted by Gasteiger charge is 2.51. The molecule has 1 aromatic heterocycles. The van der Waals surface area contributed by atoms with E-state index in [1.807, 2.05) is 31.0 Å². The molecule has 4 rings (SSSR count). The van der Waals surface area contributed by atoms with Crippen LogP contribution in [0.4, 0.5) is 10.6 Å². The van der Waals surface area contributed by atoms with E-state index in [2.05, 4.69) is 31.3 Å². The number of anilines is 1. The van der Waals surface area contributed by atoms with Gasteiger partial charge in [0.2, 0.25) is 0 Å². The third-order valence-electron chi connectivity index (χ3n) is 7.09. The van der Waals surface area contributed by atoms with Crippen molar-refractivity contribution in [3.63, 3.8) is 0 Å². The van der Waals surface area contributed by atoms with Crippen LogP contribution in [0.1, 0.15) is 38.7 Å². The summed E-state index contributed by atoms with van der Waals surface area (Å²) in [7, 11) is 1.56. The number of hydrogen-bond donors (Lipinski definition) is 1. The lowest BCUT2D eigenvalue weighted by molar-refractivity contribution is -0.00294. The number of ether oxygens (including phenoxy) is 1. The smallest absolute Gasteiger partial charge is 0.409 e. The molecule has 9 heteroatoms. The summed E-state index contributed by atoms with van der Waals surface area (Å²) in [6.45, 7) is 9.99. The molecule has 1 amide bonds. The van der Waals surface area contributed by atoms with Crippen molar-refractivity contribution < 1.29 is 14.4 Å². The number of carbonyl (C=O) groups excluding carboxylic acids is 1. The van der Waals surface area contributed by atoms with Crippen LogP contribution in [0.3, 0.4) is 0 Å². The number of hydrogen-bond acceptors (Lipinski definition) is 8. The summed E-state index contributed by atoms with van der Waals surface area (Å²) in [5, 5.41) is 0. The Morgan fingerprint density at radius 1 is 1.33 bits per heavy atom. The zero-order chi connectivity index (χ0) is 23.3. The van der Waals surface area contributed by atoms with E-state index < -0.39 is 0 Å². The van der Waals surface area contributed by atoms with Gasteiger partial charge < -0.3 is 14.5 Å². The van der Waals surface area contributed by atoms with Gasteiger partial charge in [0.1, 0.15) is 5.82 Å². The number of likely N-dealkylation sites (tertiary alicyclic amines) is 1. The van der Waals surface area contributed by atoms with Crippen molar-refractivity contribution in [2.24, 2.45) is 10.4 Å². The second-order valence-corrected chi connectivity index (χ2v) is 9.20. The molecular formula is C24H36N6O3. The largest absolute Gasteiger partial charge is 0.450 e. The Labute approximate surface area is 196 Å². The number of aromatic nitrogens is 1. The summed E-state index contributed by atoms with van der Waals surface area (Å²) in [5.74, 6) is 0.999. The molecule has 1 aromatic rings. The average Bonchev–Trinajstić information content (AvgIpc) is 3.27. The van der Waals surface area contributed by atoms with Gasteiger partial charge in [-0.3, -0.25) is 20.2 Å². The highest BCUT2D eigenvalue weighted by atomic mass is 16.6. The van der Waals surface area contributed by atoms with Crippen LogP contribution < -0.4 is 10.4 Å². The minimum absolute atomic E-state index is 0.157. The molecule has 0 bridgehead atoms. The quantitative estimate of drug-likeness (QED) is 0.499. The summed E-state index contributed by atoms with van der Waals surface area (Å²) in [5.41, 5.74) is 4.93. The maximum atomic E-state index is 11.9. The molecular weight excluding hydrogens is 420 g/mol. The Morgan fingerprint density at radius 3 is 2.85 bits per heavy atom. The topological polar surface area (TPSA) is 82.5 Å². The number of nitrogens with zero attached hydrogens (tertiary/aromatic N) is 5. The van der Waals surface area contributed by atoms with E-state index in [0.717, 1.165) is 56.4 Å². The average molecular weight is 457 g/mol. The molecule has 33 heavy (non-hydrogen) atoms. The fraction of sp³-hybridized carbons (Fsp3) is 0.625. The van der Waals surface area contributed by atoms with Crippen molar-refractivity contribution in [1.82, 2.24) is 20.3 Å². The van der Waals surface area contributed by atoms with Crippen molar-refractivity contribution in [2.75, 3.05) is 57.9 Å². The molecule has 0 radical (unpaired) electrons. The van der Waals surface area contributed by atoms with Gasteiger partial charge in [0.25, 0.3) is 0 Å². The van der Waals surface area contributed by atoms with E-state index in [1.54, 1.807) is 19.5 Å². The summed E-state index contributed by atoms with van der Waals surface area (Å²) in [6, 6.07) is 4.65. The number of pyridine rings is 1. The van der Waals surface area contributed by atoms with Crippen LogP contribution in [0.15, 0.2) is 35.7 Å². The SMILES string of the molecule is CCOC(=O)N1CC2(CCC(N3CCN(c4ncccc4C(C)=N/C=C\NOC)CC3)C2)C1. The number of amides is 1. The van der Waals surface area contributed by atoms with Gasteiger partial charge >= 0.3 is 6.09 Å². The summed E-state index contributed by atoms with van der Waals surface area (Å²) in [6.07, 6.45) is 8.65. The zero-order valence-corrected chi connectivity index (χ0v) is 20.0. The van der Waals surface area contributed by atoms with Gasteiger partial charge in [-0.15, -0.1) is 0 Å². The third-order valence-corrected chi connectivity index (χ3v) is 7.09. The standard InChI is InChI=1S/C24H36N6O3/c1-4-33-23(31)30-17-24(18-30)8-7-20(16-24)28-12-14-29(15-13-28)22-21(6-5-9-26-22)19(2)25-10-11-27-32-3/h5-6,9-11,20,27H,4,7-8,12-18H2,1-3H3/b11-10-,25-19?. The molecule has 1 unspecified atom stereocenters. The molecule has 3 fully saturated rings. The van der Waals surface area contributed by atoms with Crippen LogP contribution in [-0.4, -0.2) is 85.6 Å². The van der Waals surface area contributed by atoms with Crippen LogP contribution in [-0.2, 0) is 9.57 Å². The van der Waals surface area contributed by atoms with Gasteiger partial charge in [0, 0.05) is 80.6 Å². The number of rotatable bonds is 7. The Balaban J connectivity index is 1.31. The third kappa shape index (κ3) is 5.30. The van der Waals surface area contributed by atoms with Gasteiger partial charge in [-0.05, 0) is 45.2 Å². The highest BCUT2D eigenvalue weighted by Crippen LogP contribution is 2.47. The predicted molar refractivity (Wildman–Crippen MR) is 128 cm³/mol. The fourth-order valence-electron chi connectivity index (χ4n) is 5.43. The van der Waals surface area contributed by atoms with E-state index in [4.69, 9.17) is 9.57 Å². The van der Waals surface area contributed by atoms with Crippen LogP contribution in [0.2, 0.25) is 0 Å². The van der Waals surface area contributed by atoms with E-state index in [1.165, 1.54) is 19.3 Å². The van der Waals surface area contributed by atoms with Crippen molar-refractivity contribution in [2.45, 2.75) is 39.2 Å². The molecule has 3 aliphatic rings. The van der Waals surface area contributed by atoms with Crippen molar-refractivity contribution in [3.05, 3.63) is 36.3 Å². The molecule has 180 valence electrons. The molecule has 1 atom stereocenters. The molecule has 3 heterocycles. The fourth-order valence-corrected chi connectivity index (χ4v) is 5.43. The number of piperazine rings is 1. The predicted octanol–water partition coefficient (Wildman–Crippen LogP) is 2.65. The van der Waals surface area contributed by atoms with Gasteiger partial charge in [-0.25, -0.2) is 9.78 Å². The summed E-state index contributed by atoms with van der Waals surface area (Å²) >= 11 is 0. The first-order valence-corrected chi connectivity index (χ1v) is 11.9. The van der Waals surface area contributed by atoms with E-state index in [-0.39, 0.29) is 6.09 Å². The van der Waals surface area contributed by atoms with E-state index in [9.17, 15) is 4.79 Å². The van der Waals surface area contributed by atoms with Crippen molar-refractivity contribution >= 4 is 17.6 Å². The second kappa shape index (κ2) is 10.5. The van der Waals surface area contributed by atoms with Gasteiger partial charge in [-0.1, -0.05) is 0 Å². The van der Waals surface area contributed by atoms with Crippen LogP contribution in [0, 0.1) is 5.41 Å². The maximum Gasteiger partial charge on any atom is 0.409 e. The number of hydroxylamine groups is 1. The number of aliphatic imine (C=N–C) groups is 1. The second-order valence-electron chi connectivity index (χ2n) is 9.20. The molecule has 1 aliphatic carbocycles. The highest BCUT2D eigenvalue weighted by molar-refractivity contribution is 6.03. The van der Waals surface area contributed by atoms with Crippen molar-refractivity contribution in [3.8, 4) is 0 Å². The van der Waals surface area contributed by atoms with Gasteiger partial charge in [0.05, 0.1) is 13.7 Å². The Hall–Kier alpha value is -2.65. The van der Waals surface area contributed by atoms with Crippen LogP contribution in [0.5, 0.6) is 0 Å². The Kier molecular flexibility index (Phi) is 7.49. The van der Waals surface area contributed by atoms with E-state index >= 15 is 0 Å². The van der Waals surface area contributed by atoms with Crippen LogP contribution >= 0.6 is 0 Å². The summed E-state index contributed by atoms with van der Waals surface area (Å²) < 4.78 is 5.15. The minimum atomic E-state index is -0.157. The first-order chi connectivity index (χ1) is 16.0. The lowest BCUT2D eigenvalue weighted by atomic mass is 9.78. The normalized spacial score (nSPS) is 23.2. The molecule has 1 spiro atoms. The summed E-state index contributed by atoms with van der Waals surface area (Å²) in [4.78, 5) is 32.8. The Morgan fingerprint density at radius 2 is 2.12 bits per heavy atom. The lowest BCUT2D eigenvalue weighted by Gasteiger charge is -2.48. The number of carbonyl (C=O) groups is 1. The van der Waals surface area contributed by atoms with Crippen LogP contribution in [0.25, 0.3) is 0 Å². The maximum absolute atomic E-state index is 11.9. The molecule has 9 nitrogen and oxygen atoms in total. The monoisotopic (exact) mass is 456 g/mol. The molecule has 0 aromatic carbocycles. The van der Waals surface area contributed by atoms with Gasteiger partial charge in [-0.2, -0.15) is 0 Å². The molecule has 2 saturated heterocycles. The molecule has 1 saturated carbocycles. The number of nitrogens with one attached hydrogen (secondary N) is 1. The zero-order valence-electron chi connectivity index (χ0n) is 20.0. The molecule has 1 N–H and O–H groups in total. The minimum Gasteiger partial charge on any atom is -0.450 e. The van der Waals surface area contributed by atoms with E-state index in [0.29, 0.717) is 18.1 Å². The van der Waals surface area contributed by atoms with Gasteiger partial charge in [0.15, 0.2) is 0 Å². The molecule has 2 aliphatic heterocycles. The van der Waals surface area contributed by atoms with Crippen molar-refractivity contribution in [1.29, 1.82) is 0 Å². The lowest BCUT2D eigenvalue weighted by Crippen LogP contribution is -2.58.